The monoisotopic (exact) mass is 430 g/mol. The second kappa shape index (κ2) is 11.4. The third-order valence-corrected chi connectivity index (χ3v) is 5.32. The van der Waals surface area contributed by atoms with Gasteiger partial charge in [-0.25, -0.2) is 0 Å². The molecule has 3 rings (SSSR count). The number of carbonyl (C=O) groups is 2. The van der Waals surface area contributed by atoms with Crippen LogP contribution in [-0.2, 0) is 14.3 Å². The Morgan fingerprint density at radius 2 is 1.74 bits per heavy atom. The maximum Gasteiger partial charge on any atom is 0.309 e. The number of hydrogen-bond acceptors (Lipinski definition) is 7. The highest BCUT2D eigenvalue weighted by molar-refractivity contribution is 6.35. The van der Waals surface area contributed by atoms with Gasteiger partial charge in [-0.1, -0.05) is 0 Å². The topological polar surface area (TPSA) is 96.3 Å². The number of methoxy groups -OCH3 is 2. The predicted molar refractivity (Wildman–Crippen MR) is 116 cm³/mol. The molecule has 2 N–H and O–H groups in total. The van der Waals surface area contributed by atoms with E-state index in [4.69, 9.17) is 13.9 Å². The lowest BCUT2D eigenvalue weighted by Crippen LogP contribution is -2.50. The highest BCUT2D eigenvalue weighted by atomic mass is 16.5. The maximum atomic E-state index is 12.2. The molecule has 0 aliphatic carbocycles. The Morgan fingerprint density at radius 1 is 1.03 bits per heavy atom. The van der Waals surface area contributed by atoms with E-state index < -0.39 is 11.8 Å². The zero-order chi connectivity index (χ0) is 22.1. The Bertz CT molecular complexity index is 817. The van der Waals surface area contributed by atoms with Crippen molar-refractivity contribution >= 4 is 17.5 Å². The van der Waals surface area contributed by atoms with Gasteiger partial charge in [-0.05, 0) is 36.4 Å². The minimum absolute atomic E-state index is 0.149. The Morgan fingerprint density at radius 3 is 2.35 bits per heavy atom. The van der Waals surface area contributed by atoms with E-state index in [2.05, 4.69) is 32.6 Å². The first-order valence-corrected chi connectivity index (χ1v) is 10.3. The third kappa shape index (κ3) is 6.22. The van der Waals surface area contributed by atoms with Crippen molar-refractivity contribution in [2.75, 3.05) is 65.0 Å². The molecule has 0 spiro atoms. The number of nitrogens with one attached hydrogen (secondary N) is 2. The Hall–Kier alpha value is -3.04. The van der Waals surface area contributed by atoms with E-state index in [1.807, 2.05) is 24.3 Å². The van der Waals surface area contributed by atoms with Gasteiger partial charge in [0.2, 0.25) is 0 Å². The molecule has 1 aliphatic heterocycles. The van der Waals surface area contributed by atoms with Crippen LogP contribution in [0.2, 0.25) is 0 Å². The average Bonchev–Trinajstić information content (AvgIpc) is 3.34. The van der Waals surface area contributed by atoms with E-state index in [0.29, 0.717) is 6.61 Å². The molecule has 1 aliphatic rings. The van der Waals surface area contributed by atoms with Crippen LogP contribution >= 0.6 is 0 Å². The highest BCUT2D eigenvalue weighted by Crippen LogP contribution is 2.25. The van der Waals surface area contributed by atoms with Gasteiger partial charge >= 0.3 is 11.8 Å². The Balaban J connectivity index is 1.56. The van der Waals surface area contributed by atoms with E-state index in [-0.39, 0.29) is 19.1 Å². The second-order valence-corrected chi connectivity index (χ2v) is 7.21. The largest absolute Gasteiger partial charge is 0.497 e. The molecule has 1 aromatic carbocycles. The number of benzene rings is 1. The van der Waals surface area contributed by atoms with Crippen molar-refractivity contribution in [1.29, 1.82) is 0 Å². The van der Waals surface area contributed by atoms with Gasteiger partial charge in [-0.15, -0.1) is 0 Å². The molecule has 0 saturated carbocycles. The summed E-state index contributed by atoms with van der Waals surface area (Å²) in [7, 11) is 3.19. The molecule has 2 amide bonds. The lowest BCUT2D eigenvalue weighted by Gasteiger charge is -2.39. The smallest absolute Gasteiger partial charge is 0.309 e. The van der Waals surface area contributed by atoms with Crippen molar-refractivity contribution in [2.45, 2.75) is 6.04 Å². The van der Waals surface area contributed by atoms with Crippen LogP contribution in [0.5, 0.6) is 5.75 Å². The molecule has 9 nitrogen and oxygen atoms in total. The fourth-order valence-electron chi connectivity index (χ4n) is 3.59. The predicted octanol–water partition coefficient (Wildman–Crippen LogP) is 1.03. The number of hydrogen-bond donors (Lipinski definition) is 2. The maximum absolute atomic E-state index is 12.2. The van der Waals surface area contributed by atoms with Crippen LogP contribution < -0.4 is 20.3 Å². The van der Waals surface area contributed by atoms with Crippen molar-refractivity contribution in [1.82, 2.24) is 15.5 Å². The lowest BCUT2D eigenvalue weighted by atomic mass is 10.1. The first kappa shape index (κ1) is 22.6. The molecule has 2 aromatic rings. The highest BCUT2D eigenvalue weighted by Gasteiger charge is 2.28. The van der Waals surface area contributed by atoms with Crippen LogP contribution in [0.15, 0.2) is 47.1 Å². The Kier molecular flexibility index (Phi) is 8.31. The van der Waals surface area contributed by atoms with Gasteiger partial charge in [0.15, 0.2) is 0 Å². The van der Waals surface area contributed by atoms with Crippen molar-refractivity contribution in [3.63, 3.8) is 0 Å². The summed E-state index contributed by atoms with van der Waals surface area (Å²) in [6.07, 6.45) is 1.62. The van der Waals surface area contributed by atoms with Crippen LogP contribution in [0.25, 0.3) is 0 Å². The molecule has 0 unspecified atom stereocenters. The zero-order valence-corrected chi connectivity index (χ0v) is 18.0. The SMILES string of the molecule is COCCNC(=O)C(=O)NC[C@@H](c1ccco1)N1CCN(c2ccc(OC)cc2)CC1. The Labute approximate surface area is 182 Å². The number of nitrogens with zero attached hydrogens (tertiary/aromatic N) is 2. The van der Waals surface area contributed by atoms with Crippen LogP contribution in [0.3, 0.4) is 0 Å². The molecule has 1 saturated heterocycles. The van der Waals surface area contributed by atoms with Crippen LogP contribution in [-0.4, -0.2) is 76.8 Å². The number of amides is 2. The summed E-state index contributed by atoms with van der Waals surface area (Å²) >= 11 is 0. The van der Waals surface area contributed by atoms with Crippen molar-refractivity contribution in [3.05, 3.63) is 48.4 Å². The van der Waals surface area contributed by atoms with E-state index in [0.717, 1.165) is 43.4 Å². The summed E-state index contributed by atoms with van der Waals surface area (Å²) in [4.78, 5) is 28.6. The summed E-state index contributed by atoms with van der Waals surface area (Å²) in [6.45, 7) is 4.21. The van der Waals surface area contributed by atoms with Gasteiger partial charge in [0.25, 0.3) is 0 Å². The van der Waals surface area contributed by atoms with Crippen LogP contribution in [0, 0.1) is 0 Å². The molecule has 31 heavy (non-hydrogen) atoms. The summed E-state index contributed by atoms with van der Waals surface area (Å²) in [5.74, 6) is 0.268. The molecule has 168 valence electrons. The number of rotatable bonds is 9. The fourth-order valence-corrected chi connectivity index (χ4v) is 3.59. The lowest BCUT2D eigenvalue weighted by molar-refractivity contribution is -0.139. The summed E-state index contributed by atoms with van der Waals surface area (Å²) < 4.78 is 15.7. The first-order valence-electron chi connectivity index (χ1n) is 10.3. The normalized spacial score (nSPS) is 15.4. The van der Waals surface area contributed by atoms with Crippen molar-refractivity contribution in [3.8, 4) is 5.75 Å². The van der Waals surface area contributed by atoms with Crippen molar-refractivity contribution < 1.29 is 23.5 Å². The summed E-state index contributed by atoms with van der Waals surface area (Å²) in [6, 6.07) is 11.6. The molecule has 0 bridgehead atoms. The van der Waals surface area contributed by atoms with E-state index in [1.165, 1.54) is 7.11 Å². The molecular weight excluding hydrogens is 400 g/mol. The standard InChI is InChI=1S/C22H30N4O5/c1-29-15-9-23-21(27)22(28)24-16-19(20-4-3-14-31-20)26-12-10-25(11-13-26)17-5-7-18(30-2)8-6-17/h3-8,14,19H,9-13,15-16H2,1-2H3,(H,23,27)(H,24,28)/t19-/m0/s1. The van der Waals surface area contributed by atoms with Crippen LogP contribution in [0.1, 0.15) is 11.8 Å². The minimum atomic E-state index is -0.667. The zero-order valence-electron chi connectivity index (χ0n) is 18.0. The fraction of sp³-hybridized carbons (Fsp3) is 0.455. The molecule has 1 atom stereocenters. The second-order valence-electron chi connectivity index (χ2n) is 7.21. The quantitative estimate of drug-likeness (QED) is 0.453. The third-order valence-electron chi connectivity index (χ3n) is 5.32. The molecule has 1 aromatic heterocycles. The van der Waals surface area contributed by atoms with Crippen molar-refractivity contribution in [2.24, 2.45) is 0 Å². The average molecular weight is 431 g/mol. The molecule has 1 fully saturated rings. The number of ether oxygens (including phenoxy) is 2. The van der Waals surface area contributed by atoms with Gasteiger partial charge in [0.05, 0.1) is 26.0 Å². The van der Waals surface area contributed by atoms with Gasteiger partial charge in [-0.2, -0.15) is 0 Å². The number of anilines is 1. The van der Waals surface area contributed by atoms with Crippen LogP contribution in [0.4, 0.5) is 5.69 Å². The summed E-state index contributed by atoms with van der Waals surface area (Å²) in [5, 5.41) is 5.25. The van der Waals surface area contributed by atoms with E-state index in [1.54, 1.807) is 13.4 Å². The first-order chi connectivity index (χ1) is 15.1. The van der Waals surface area contributed by atoms with Gasteiger partial charge < -0.3 is 29.4 Å². The number of carbonyl (C=O) groups excluding carboxylic acids is 2. The molecular formula is C22H30N4O5. The van der Waals surface area contributed by atoms with Gasteiger partial charge in [0.1, 0.15) is 11.5 Å². The van der Waals surface area contributed by atoms with Gasteiger partial charge in [-0.3, -0.25) is 14.5 Å². The summed E-state index contributed by atoms with van der Waals surface area (Å²) in [5.41, 5.74) is 1.15. The van der Waals surface area contributed by atoms with E-state index in [9.17, 15) is 9.59 Å². The molecule has 0 radical (unpaired) electrons. The number of piperazine rings is 1. The van der Waals surface area contributed by atoms with E-state index >= 15 is 0 Å². The molecule has 9 heteroatoms. The molecule has 2 heterocycles. The number of furan rings is 1. The minimum Gasteiger partial charge on any atom is -0.497 e. The van der Waals surface area contributed by atoms with Gasteiger partial charge in [0, 0.05) is 52.1 Å².